The molecule has 0 saturated heterocycles. The maximum absolute atomic E-state index is 13.8. The van der Waals surface area contributed by atoms with E-state index in [1.165, 1.54) is 5.56 Å². The summed E-state index contributed by atoms with van der Waals surface area (Å²) in [6.07, 6.45) is 2.00. The second-order valence-electron chi connectivity index (χ2n) is 9.12. The molecule has 3 aromatic carbocycles. The van der Waals surface area contributed by atoms with Gasteiger partial charge in [-0.25, -0.2) is 9.78 Å². The quantitative estimate of drug-likeness (QED) is 0.234. The summed E-state index contributed by atoms with van der Waals surface area (Å²) in [5, 5.41) is 4.72. The lowest BCUT2D eigenvalue weighted by atomic mass is 10.1. The summed E-state index contributed by atoms with van der Waals surface area (Å²) >= 11 is 12.5. The van der Waals surface area contributed by atoms with Gasteiger partial charge in [-0.2, -0.15) is 0 Å². The molecule has 0 bridgehead atoms. The van der Waals surface area contributed by atoms with Crippen molar-refractivity contribution in [2.75, 3.05) is 11.9 Å². The first-order valence-electron chi connectivity index (χ1n) is 13.0. The lowest BCUT2D eigenvalue weighted by molar-refractivity contribution is 0.181. The Morgan fingerprint density at radius 1 is 1.03 bits per heavy atom. The van der Waals surface area contributed by atoms with E-state index in [0.717, 1.165) is 12.0 Å². The molecule has 0 fully saturated rings. The van der Waals surface area contributed by atoms with Crippen molar-refractivity contribution < 1.29 is 4.79 Å². The largest absolute Gasteiger partial charge is 0.322 e. The molecule has 0 radical (unpaired) electrons. The Labute approximate surface area is 233 Å². The van der Waals surface area contributed by atoms with Crippen molar-refractivity contribution in [1.82, 2.24) is 14.5 Å². The number of aromatic nitrogens is 2. The lowest BCUT2D eigenvalue weighted by Crippen LogP contribution is -2.42. The number of hydrogen-bond acceptors (Lipinski definition) is 3. The fourth-order valence-electron chi connectivity index (χ4n) is 4.67. The Bertz CT molecular complexity index is 1480. The van der Waals surface area contributed by atoms with Gasteiger partial charge < -0.3 is 10.2 Å². The normalized spacial score (nSPS) is 11.9. The van der Waals surface area contributed by atoms with Crippen LogP contribution in [-0.2, 0) is 19.4 Å². The highest BCUT2D eigenvalue weighted by Gasteiger charge is 2.28. The van der Waals surface area contributed by atoms with Gasteiger partial charge in [0.1, 0.15) is 5.82 Å². The molecule has 0 aliphatic rings. The number of amides is 2. The van der Waals surface area contributed by atoms with E-state index in [9.17, 15) is 9.59 Å². The van der Waals surface area contributed by atoms with Crippen LogP contribution in [0.4, 0.5) is 10.5 Å². The first-order valence-corrected chi connectivity index (χ1v) is 13.7. The zero-order valence-electron chi connectivity index (χ0n) is 21.9. The van der Waals surface area contributed by atoms with Gasteiger partial charge in [-0.3, -0.25) is 9.36 Å². The van der Waals surface area contributed by atoms with Crippen LogP contribution < -0.4 is 10.9 Å². The van der Waals surface area contributed by atoms with Gasteiger partial charge in [-0.1, -0.05) is 67.4 Å². The second-order valence-corrected chi connectivity index (χ2v) is 9.96. The number of hydrogen-bond donors (Lipinski definition) is 1. The number of aryl methyl sites for hydroxylation is 1. The molecule has 1 unspecified atom stereocenters. The van der Waals surface area contributed by atoms with Gasteiger partial charge in [0.25, 0.3) is 5.56 Å². The summed E-state index contributed by atoms with van der Waals surface area (Å²) in [5.41, 5.74) is 3.29. The topological polar surface area (TPSA) is 67.2 Å². The second kappa shape index (κ2) is 12.5. The number of carbonyl (C=O) groups is 1. The molecule has 1 atom stereocenters. The SMILES string of the molecule is CCc1ccc(NC(=O)N(CCc2ccc(Cl)cc2Cl)C(CC)c2nc3ccccc3c(=O)n2CC)cc1. The summed E-state index contributed by atoms with van der Waals surface area (Å²) in [7, 11) is 0. The van der Waals surface area contributed by atoms with Gasteiger partial charge in [0, 0.05) is 28.8 Å². The van der Waals surface area contributed by atoms with Crippen LogP contribution in [-0.4, -0.2) is 27.0 Å². The van der Waals surface area contributed by atoms with Crippen molar-refractivity contribution >= 4 is 45.8 Å². The highest BCUT2D eigenvalue weighted by molar-refractivity contribution is 6.35. The molecule has 4 aromatic rings. The maximum Gasteiger partial charge on any atom is 0.322 e. The number of anilines is 1. The van der Waals surface area contributed by atoms with E-state index in [0.29, 0.717) is 58.4 Å². The van der Waals surface area contributed by atoms with E-state index < -0.39 is 6.04 Å². The number of carbonyl (C=O) groups excluding carboxylic acids is 1. The first-order chi connectivity index (χ1) is 18.4. The average molecular weight is 552 g/mol. The summed E-state index contributed by atoms with van der Waals surface area (Å²) in [4.78, 5) is 33.8. The van der Waals surface area contributed by atoms with Crippen molar-refractivity contribution in [2.24, 2.45) is 0 Å². The number of fused-ring (bicyclic) bond motifs is 1. The lowest BCUT2D eigenvalue weighted by Gasteiger charge is -2.32. The molecule has 0 aliphatic heterocycles. The Balaban J connectivity index is 1.74. The minimum Gasteiger partial charge on any atom is -0.314 e. The fraction of sp³-hybridized carbons (Fsp3) is 0.300. The van der Waals surface area contributed by atoms with Crippen LogP contribution in [0.2, 0.25) is 10.0 Å². The molecule has 1 N–H and O–H groups in total. The Morgan fingerprint density at radius 2 is 1.76 bits per heavy atom. The molecule has 2 amide bonds. The van der Waals surface area contributed by atoms with Crippen LogP contribution in [0.3, 0.4) is 0 Å². The molecule has 0 aliphatic carbocycles. The predicted octanol–water partition coefficient (Wildman–Crippen LogP) is 7.51. The first kappa shape index (κ1) is 27.7. The van der Waals surface area contributed by atoms with E-state index >= 15 is 0 Å². The third kappa shape index (κ3) is 6.03. The van der Waals surface area contributed by atoms with Crippen LogP contribution >= 0.6 is 23.2 Å². The highest BCUT2D eigenvalue weighted by Crippen LogP contribution is 2.27. The number of nitrogens with zero attached hydrogens (tertiary/aromatic N) is 3. The molecule has 6 nitrogen and oxygen atoms in total. The number of halogens is 2. The van der Waals surface area contributed by atoms with Crippen LogP contribution in [0.25, 0.3) is 10.9 Å². The molecule has 8 heteroatoms. The average Bonchev–Trinajstić information content (AvgIpc) is 2.92. The Kier molecular flexibility index (Phi) is 9.08. The zero-order chi connectivity index (χ0) is 27.2. The summed E-state index contributed by atoms with van der Waals surface area (Å²) in [6, 6.07) is 19.8. The molecule has 198 valence electrons. The maximum atomic E-state index is 13.8. The minimum absolute atomic E-state index is 0.109. The highest BCUT2D eigenvalue weighted by atomic mass is 35.5. The monoisotopic (exact) mass is 550 g/mol. The summed E-state index contributed by atoms with van der Waals surface area (Å²) < 4.78 is 1.67. The minimum atomic E-state index is -0.437. The summed E-state index contributed by atoms with van der Waals surface area (Å²) in [5.74, 6) is 0.567. The van der Waals surface area contributed by atoms with E-state index in [1.54, 1.807) is 27.7 Å². The van der Waals surface area contributed by atoms with Crippen LogP contribution in [0, 0.1) is 0 Å². The number of para-hydroxylation sites is 1. The van der Waals surface area contributed by atoms with Crippen LogP contribution in [0.15, 0.2) is 71.5 Å². The third-order valence-corrected chi connectivity index (χ3v) is 7.37. The van der Waals surface area contributed by atoms with Gasteiger partial charge in [0.15, 0.2) is 0 Å². The molecule has 4 rings (SSSR count). The van der Waals surface area contributed by atoms with E-state index in [1.807, 2.05) is 62.4 Å². The van der Waals surface area contributed by atoms with Crippen LogP contribution in [0.5, 0.6) is 0 Å². The van der Waals surface area contributed by atoms with Crippen molar-refractivity contribution in [3.05, 3.63) is 104 Å². The Hall–Kier alpha value is -3.35. The standard InChI is InChI=1S/C30H32Cl2N4O2/c1-4-20-11-15-23(16-12-20)33-30(38)36(18-17-21-13-14-22(31)19-25(21)32)27(5-2)28-34-26-10-8-7-9-24(26)29(37)35(28)6-3/h7-16,19,27H,4-6,17-18H2,1-3H3,(H,33,38). The van der Waals surface area contributed by atoms with E-state index in [4.69, 9.17) is 28.2 Å². The van der Waals surface area contributed by atoms with E-state index in [-0.39, 0.29) is 11.6 Å². The summed E-state index contributed by atoms with van der Waals surface area (Å²) in [6.45, 7) is 6.82. The zero-order valence-corrected chi connectivity index (χ0v) is 23.4. The van der Waals surface area contributed by atoms with Gasteiger partial charge >= 0.3 is 6.03 Å². The molecule has 0 spiro atoms. The number of benzene rings is 3. The van der Waals surface area contributed by atoms with Crippen molar-refractivity contribution in [2.45, 2.75) is 52.6 Å². The molecular formula is C30H32Cl2N4O2. The van der Waals surface area contributed by atoms with Gasteiger partial charge in [0.2, 0.25) is 0 Å². The molecular weight excluding hydrogens is 519 g/mol. The smallest absolute Gasteiger partial charge is 0.314 e. The molecule has 0 saturated carbocycles. The third-order valence-electron chi connectivity index (χ3n) is 6.78. The number of rotatable bonds is 9. The number of urea groups is 1. The Morgan fingerprint density at radius 3 is 2.42 bits per heavy atom. The molecule has 38 heavy (non-hydrogen) atoms. The van der Waals surface area contributed by atoms with Crippen molar-refractivity contribution in [3.63, 3.8) is 0 Å². The van der Waals surface area contributed by atoms with E-state index in [2.05, 4.69) is 12.2 Å². The fourth-order valence-corrected chi connectivity index (χ4v) is 5.17. The van der Waals surface area contributed by atoms with Crippen molar-refractivity contribution in [1.29, 1.82) is 0 Å². The van der Waals surface area contributed by atoms with Gasteiger partial charge in [0.05, 0.1) is 16.9 Å². The van der Waals surface area contributed by atoms with Crippen LogP contribution in [0.1, 0.15) is 50.2 Å². The number of nitrogens with one attached hydrogen (secondary N) is 1. The van der Waals surface area contributed by atoms with Gasteiger partial charge in [-0.15, -0.1) is 0 Å². The molecule has 1 heterocycles. The van der Waals surface area contributed by atoms with Crippen molar-refractivity contribution in [3.8, 4) is 0 Å². The van der Waals surface area contributed by atoms with Gasteiger partial charge in [-0.05, 0) is 73.7 Å². The molecule has 1 aromatic heterocycles. The predicted molar refractivity (Wildman–Crippen MR) is 156 cm³/mol.